The smallest absolute Gasteiger partial charge is 0.261 e. The van der Waals surface area contributed by atoms with Crippen molar-refractivity contribution in [1.82, 2.24) is 10.2 Å². The largest absolute Gasteiger partial charge is 0.484 e. The van der Waals surface area contributed by atoms with E-state index in [4.69, 9.17) is 16.3 Å². The summed E-state index contributed by atoms with van der Waals surface area (Å²) in [5.74, 6) is 0.133. The van der Waals surface area contributed by atoms with Crippen LogP contribution in [0.1, 0.15) is 42.5 Å². The lowest BCUT2D eigenvalue weighted by atomic mass is 10.0. The summed E-state index contributed by atoms with van der Waals surface area (Å²) in [5, 5.41) is 3.72. The number of carbonyl (C=O) groups excluding carboxylic acids is 2. The van der Waals surface area contributed by atoms with E-state index in [2.05, 4.69) is 5.32 Å². The number of aryl methyl sites for hydroxylation is 2. The van der Waals surface area contributed by atoms with E-state index in [0.29, 0.717) is 23.7 Å². The van der Waals surface area contributed by atoms with Crippen LogP contribution in [-0.4, -0.2) is 35.4 Å². The van der Waals surface area contributed by atoms with E-state index in [9.17, 15) is 9.59 Å². The van der Waals surface area contributed by atoms with Crippen molar-refractivity contribution in [3.63, 3.8) is 0 Å². The second-order valence-corrected chi connectivity index (χ2v) is 9.58. The number of rotatable bonds is 11. The fraction of sp³-hybridized carbons (Fsp3) is 0.333. The van der Waals surface area contributed by atoms with E-state index in [-0.39, 0.29) is 24.5 Å². The average Bonchev–Trinajstić information content (AvgIpc) is 2.88. The predicted molar refractivity (Wildman–Crippen MR) is 145 cm³/mol. The minimum atomic E-state index is -0.691. The van der Waals surface area contributed by atoms with Gasteiger partial charge in [-0.1, -0.05) is 73.1 Å². The highest BCUT2D eigenvalue weighted by Crippen LogP contribution is 2.22. The third-order valence-electron chi connectivity index (χ3n) is 6.37. The molecule has 0 saturated carbocycles. The van der Waals surface area contributed by atoms with Crippen LogP contribution in [-0.2, 0) is 22.6 Å². The van der Waals surface area contributed by atoms with Crippen LogP contribution in [0.3, 0.4) is 0 Å². The molecule has 3 rings (SSSR count). The van der Waals surface area contributed by atoms with Gasteiger partial charge in [0.25, 0.3) is 5.91 Å². The normalized spacial score (nSPS) is 12.5. The van der Waals surface area contributed by atoms with Crippen molar-refractivity contribution in [1.29, 1.82) is 0 Å². The number of hydrogen-bond acceptors (Lipinski definition) is 3. The molecule has 0 saturated heterocycles. The Bertz CT molecular complexity index is 1170. The minimum absolute atomic E-state index is 0.000482. The molecule has 0 fully saturated rings. The maximum Gasteiger partial charge on any atom is 0.261 e. The van der Waals surface area contributed by atoms with E-state index < -0.39 is 6.04 Å². The van der Waals surface area contributed by atoms with Crippen LogP contribution in [0.4, 0.5) is 0 Å². The van der Waals surface area contributed by atoms with Gasteiger partial charge in [0.05, 0.1) is 0 Å². The number of halogens is 1. The summed E-state index contributed by atoms with van der Waals surface area (Å²) in [6.07, 6.45) is 1.20. The molecule has 3 aromatic rings. The molecule has 2 amide bonds. The number of benzene rings is 3. The van der Waals surface area contributed by atoms with Crippen LogP contribution >= 0.6 is 11.6 Å². The highest BCUT2D eigenvalue weighted by atomic mass is 35.5. The minimum Gasteiger partial charge on any atom is -0.484 e. The van der Waals surface area contributed by atoms with Gasteiger partial charge in [-0.2, -0.15) is 0 Å². The van der Waals surface area contributed by atoms with Gasteiger partial charge < -0.3 is 15.0 Å². The van der Waals surface area contributed by atoms with Crippen LogP contribution in [0.15, 0.2) is 72.8 Å². The first kappa shape index (κ1) is 27.3. The molecule has 190 valence electrons. The van der Waals surface area contributed by atoms with Crippen molar-refractivity contribution < 1.29 is 14.3 Å². The average molecular weight is 507 g/mol. The van der Waals surface area contributed by atoms with E-state index in [1.54, 1.807) is 23.1 Å². The van der Waals surface area contributed by atoms with Gasteiger partial charge in [0.15, 0.2) is 6.61 Å². The molecule has 0 bridgehead atoms. The van der Waals surface area contributed by atoms with Gasteiger partial charge in [-0.25, -0.2) is 0 Å². The van der Waals surface area contributed by atoms with Crippen molar-refractivity contribution in [2.24, 2.45) is 0 Å². The molecule has 1 N–H and O–H groups in total. The van der Waals surface area contributed by atoms with Gasteiger partial charge in [0, 0.05) is 24.0 Å². The van der Waals surface area contributed by atoms with E-state index in [1.807, 2.05) is 82.3 Å². The molecule has 0 aliphatic heterocycles. The Morgan fingerprint density at radius 3 is 2.33 bits per heavy atom. The molecule has 0 aliphatic carbocycles. The highest BCUT2D eigenvalue weighted by molar-refractivity contribution is 6.31. The van der Waals surface area contributed by atoms with Crippen molar-refractivity contribution in [3.05, 3.63) is 100 Å². The molecule has 0 aromatic heterocycles. The number of carbonyl (C=O) groups is 2. The first-order chi connectivity index (χ1) is 17.3. The Hall–Kier alpha value is -3.31. The third-order valence-corrected chi connectivity index (χ3v) is 6.79. The Morgan fingerprint density at radius 1 is 0.972 bits per heavy atom. The van der Waals surface area contributed by atoms with Crippen LogP contribution in [0.5, 0.6) is 5.75 Å². The van der Waals surface area contributed by atoms with E-state index >= 15 is 0 Å². The van der Waals surface area contributed by atoms with Gasteiger partial charge >= 0.3 is 0 Å². The summed E-state index contributed by atoms with van der Waals surface area (Å²) >= 11 is 6.13. The molecular formula is C30H35ClN2O3. The Morgan fingerprint density at radius 2 is 1.67 bits per heavy atom. The van der Waals surface area contributed by atoms with Crippen molar-refractivity contribution >= 4 is 23.4 Å². The van der Waals surface area contributed by atoms with Crippen molar-refractivity contribution in [2.45, 2.75) is 59.2 Å². The zero-order chi connectivity index (χ0) is 26.1. The second-order valence-electron chi connectivity index (χ2n) is 9.17. The fourth-order valence-corrected chi connectivity index (χ4v) is 4.02. The summed E-state index contributed by atoms with van der Waals surface area (Å²) in [4.78, 5) is 28.9. The molecule has 2 atom stereocenters. The number of amides is 2. The lowest BCUT2D eigenvalue weighted by Gasteiger charge is -2.32. The predicted octanol–water partition coefficient (Wildman–Crippen LogP) is 5.89. The fourth-order valence-electron chi connectivity index (χ4n) is 3.90. The number of nitrogens with one attached hydrogen (secondary N) is 1. The zero-order valence-electron chi connectivity index (χ0n) is 21.5. The standard InChI is InChI=1S/C30H35ClN2O3/c1-5-23(4)32-30(35)28(18-24-12-7-6-8-13-24)33(19-25-14-10-9-11-21(25)2)29(34)20-36-26-15-16-27(31)22(3)17-26/h6-17,23,28H,5,18-20H2,1-4H3,(H,32,35). The molecule has 0 aliphatic rings. The van der Waals surface area contributed by atoms with Crippen molar-refractivity contribution in [2.75, 3.05) is 6.61 Å². The monoisotopic (exact) mass is 506 g/mol. The number of ether oxygens (including phenoxy) is 1. The van der Waals surface area contributed by atoms with E-state index in [0.717, 1.165) is 28.7 Å². The third kappa shape index (κ3) is 7.59. The van der Waals surface area contributed by atoms with Gasteiger partial charge in [-0.3, -0.25) is 9.59 Å². The second kappa shape index (κ2) is 13.1. The Labute approximate surface area is 219 Å². The maximum absolute atomic E-state index is 13.7. The van der Waals surface area contributed by atoms with Crippen LogP contribution in [0.25, 0.3) is 0 Å². The lowest BCUT2D eigenvalue weighted by Crippen LogP contribution is -2.53. The molecule has 0 heterocycles. The molecule has 6 heteroatoms. The zero-order valence-corrected chi connectivity index (χ0v) is 22.2. The molecule has 5 nitrogen and oxygen atoms in total. The topological polar surface area (TPSA) is 58.6 Å². The first-order valence-electron chi connectivity index (χ1n) is 12.4. The van der Waals surface area contributed by atoms with Gasteiger partial charge in [-0.15, -0.1) is 0 Å². The first-order valence-corrected chi connectivity index (χ1v) is 12.7. The Kier molecular flexibility index (Phi) is 9.95. The Balaban J connectivity index is 1.92. The van der Waals surface area contributed by atoms with Gasteiger partial charge in [-0.05, 0) is 67.6 Å². The molecular weight excluding hydrogens is 472 g/mol. The van der Waals surface area contributed by atoms with Crippen molar-refractivity contribution in [3.8, 4) is 5.75 Å². The summed E-state index contributed by atoms with van der Waals surface area (Å²) in [6.45, 7) is 8.01. The van der Waals surface area contributed by atoms with Gasteiger partial charge in [0.1, 0.15) is 11.8 Å². The maximum atomic E-state index is 13.7. The number of nitrogens with zero attached hydrogens (tertiary/aromatic N) is 1. The molecule has 3 aromatic carbocycles. The lowest BCUT2D eigenvalue weighted by molar-refractivity contribution is -0.143. The van der Waals surface area contributed by atoms with Crippen LogP contribution in [0.2, 0.25) is 5.02 Å². The molecule has 0 radical (unpaired) electrons. The summed E-state index contributed by atoms with van der Waals surface area (Å²) in [7, 11) is 0. The summed E-state index contributed by atoms with van der Waals surface area (Å²) in [6, 6.07) is 22.3. The SMILES string of the molecule is CCC(C)NC(=O)C(Cc1ccccc1)N(Cc1ccccc1C)C(=O)COc1ccc(Cl)c(C)c1. The van der Waals surface area contributed by atoms with Gasteiger partial charge in [0.2, 0.25) is 5.91 Å². The molecule has 36 heavy (non-hydrogen) atoms. The molecule has 2 unspecified atom stereocenters. The highest BCUT2D eigenvalue weighted by Gasteiger charge is 2.31. The van der Waals surface area contributed by atoms with E-state index in [1.165, 1.54) is 0 Å². The van der Waals surface area contributed by atoms with Crippen LogP contribution < -0.4 is 10.1 Å². The quantitative estimate of drug-likeness (QED) is 0.352. The molecule has 0 spiro atoms. The van der Waals surface area contributed by atoms with Crippen LogP contribution in [0, 0.1) is 13.8 Å². The number of hydrogen-bond donors (Lipinski definition) is 1. The summed E-state index contributed by atoms with van der Waals surface area (Å²) < 4.78 is 5.85. The summed E-state index contributed by atoms with van der Waals surface area (Å²) in [5.41, 5.74) is 3.90.